The molecule has 18 heteroatoms. The predicted molar refractivity (Wildman–Crippen MR) is 265 cm³/mol. The smallest absolute Gasteiger partial charge is 0.293 e. The molecule has 6 aliphatic rings. The van der Waals surface area contributed by atoms with Gasteiger partial charge < -0.3 is 39.4 Å². The molecule has 3 aromatic carbocycles. The van der Waals surface area contributed by atoms with E-state index in [0.29, 0.717) is 68.3 Å². The standard InChI is InChI=1S/C52H62N8O9S/c1-33-5-3-4-6-39(33)46-30-51(2,62)15-21-58(46)37-28-52(29-37)16-19-57(20-17-52)36-7-9-40(43(26-36)59-42-14-24-68-32-47(42)69-50-45(59)25-35-11-18-53-48(35)55-50)49(61)56-70(65,66)38-8-10-41(44(27-38)60(63)64)54-31-34-12-22-67-23-13-34/h3-11,18,25-27,34,37,42,46-47,54,62H,12-17,19-24,28-32H2,1-2H3,(H,53,55)(H,56,61)/t42-,46+,47-,51-/m0/s1. The molecule has 4 atom stereocenters. The molecule has 5 aliphatic heterocycles. The minimum Gasteiger partial charge on any atom is -0.468 e. The SMILES string of the molecule is Cc1ccccc1[C@H]1C[C@@](C)(O)CCN1C1CC2(CCN(c3ccc(C(=O)NS(=O)(=O)c4ccc(NCC5CCOCC5)c([N+](=O)[O-])c4)c(N4c5cc6cc[nH]c6nc5O[C@H]5COCC[C@@H]54)c3)CC2)C1. The van der Waals surface area contributed by atoms with Crippen molar-refractivity contribution in [1.82, 2.24) is 19.6 Å². The van der Waals surface area contributed by atoms with E-state index < -0.39 is 43.1 Å². The number of nitrogens with zero attached hydrogens (tertiary/aromatic N) is 5. The molecule has 4 N–H and O–H groups in total. The average molecular weight is 975 g/mol. The lowest BCUT2D eigenvalue weighted by Gasteiger charge is -2.58. The highest BCUT2D eigenvalue weighted by Crippen LogP contribution is 2.55. The van der Waals surface area contributed by atoms with Gasteiger partial charge in [-0.25, -0.2) is 13.1 Å². The zero-order valence-electron chi connectivity index (χ0n) is 39.8. The molecule has 0 bridgehead atoms. The number of H-pyrrole nitrogens is 1. The van der Waals surface area contributed by atoms with Crippen molar-refractivity contribution >= 4 is 55.4 Å². The summed E-state index contributed by atoms with van der Waals surface area (Å²) in [5, 5.41) is 27.5. The van der Waals surface area contributed by atoms with E-state index in [4.69, 9.17) is 19.2 Å². The summed E-state index contributed by atoms with van der Waals surface area (Å²) < 4.78 is 48.4. The number of carbonyl (C=O) groups excluding carboxylic acids is 1. The average Bonchev–Trinajstić information content (AvgIpc) is 3.81. The van der Waals surface area contributed by atoms with Crippen molar-refractivity contribution in [2.24, 2.45) is 11.3 Å². The summed E-state index contributed by atoms with van der Waals surface area (Å²) in [5.74, 6) is -0.243. The highest BCUT2D eigenvalue weighted by Gasteiger charge is 2.51. The number of hydrogen-bond acceptors (Lipinski definition) is 14. The number of amides is 1. The first-order chi connectivity index (χ1) is 33.7. The number of aliphatic hydroxyl groups is 1. The number of piperidine rings is 2. The maximum Gasteiger partial charge on any atom is 0.293 e. The minimum absolute atomic E-state index is 0.114. The molecule has 11 rings (SSSR count). The molecular weight excluding hydrogens is 913 g/mol. The van der Waals surface area contributed by atoms with Gasteiger partial charge in [-0.15, -0.1) is 0 Å². The van der Waals surface area contributed by atoms with Crippen LogP contribution in [-0.4, -0.2) is 116 Å². The molecule has 2 aromatic heterocycles. The van der Waals surface area contributed by atoms with Crippen molar-refractivity contribution in [3.8, 4) is 5.88 Å². The maximum atomic E-state index is 14.7. The number of ether oxygens (including phenoxy) is 3. The Hall–Kier alpha value is -5.79. The molecule has 1 amide bonds. The zero-order chi connectivity index (χ0) is 48.4. The number of aromatic nitrogens is 2. The van der Waals surface area contributed by atoms with Crippen LogP contribution in [0.5, 0.6) is 5.88 Å². The number of benzene rings is 3. The number of sulfonamides is 1. The van der Waals surface area contributed by atoms with Gasteiger partial charge in [0.2, 0.25) is 5.88 Å². The summed E-state index contributed by atoms with van der Waals surface area (Å²) in [4.78, 5) is 41.1. The van der Waals surface area contributed by atoms with Gasteiger partial charge in [0.25, 0.3) is 21.6 Å². The second-order valence-corrected chi connectivity index (χ2v) is 22.5. The van der Waals surface area contributed by atoms with Crippen molar-refractivity contribution in [3.05, 3.63) is 106 Å². The molecule has 0 unspecified atom stereocenters. The number of nitrogens with one attached hydrogen (secondary N) is 3. The first kappa shape index (κ1) is 46.6. The van der Waals surface area contributed by atoms with Gasteiger partial charge in [-0.05, 0) is 137 Å². The Labute approximate surface area is 408 Å². The highest BCUT2D eigenvalue weighted by atomic mass is 32.2. The summed E-state index contributed by atoms with van der Waals surface area (Å²) in [6.45, 7) is 9.12. The van der Waals surface area contributed by atoms with E-state index in [9.17, 15) is 28.4 Å². The fraction of sp³-hybridized carbons (Fsp3) is 0.500. The highest BCUT2D eigenvalue weighted by molar-refractivity contribution is 7.90. The van der Waals surface area contributed by atoms with Gasteiger partial charge in [0.15, 0.2) is 0 Å². The number of rotatable bonds is 11. The topological polar surface area (TPSA) is 205 Å². The van der Waals surface area contributed by atoms with Crippen LogP contribution in [-0.2, 0) is 19.5 Å². The van der Waals surface area contributed by atoms with E-state index in [2.05, 4.69) is 60.9 Å². The Balaban J connectivity index is 0.875. The number of aryl methyl sites for hydroxylation is 1. The van der Waals surface area contributed by atoms with E-state index in [1.165, 1.54) is 23.3 Å². The quantitative estimate of drug-likeness (QED) is 0.0738. The van der Waals surface area contributed by atoms with Crippen LogP contribution < -0.4 is 24.6 Å². The molecule has 0 radical (unpaired) electrons. The minimum atomic E-state index is -4.60. The largest absolute Gasteiger partial charge is 0.468 e. The molecule has 70 heavy (non-hydrogen) atoms. The number of aromatic amines is 1. The fourth-order valence-corrected chi connectivity index (χ4v) is 13.1. The fourth-order valence-electron chi connectivity index (χ4n) is 12.1. The van der Waals surface area contributed by atoms with E-state index in [1.54, 1.807) is 12.3 Å². The lowest BCUT2D eigenvalue weighted by atomic mass is 9.59. The number of fused-ring (bicyclic) bond motifs is 3. The molecule has 1 saturated carbocycles. The van der Waals surface area contributed by atoms with Crippen LogP contribution >= 0.6 is 0 Å². The number of anilines is 4. The van der Waals surface area contributed by atoms with Gasteiger partial charge in [-0.1, -0.05) is 24.3 Å². The first-order valence-corrected chi connectivity index (χ1v) is 26.3. The summed E-state index contributed by atoms with van der Waals surface area (Å²) in [5.41, 5.74) is 4.68. The van der Waals surface area contributed by atoms with E-state index in [1.807, 2.05) is 31.2 Å². The van der Waals surface area contributed by atoms with Crippen molar-refractivity contribution in [3.63, 3.8) is 0 Å². The first-order valence-electron chi connectivity index (χ1n) is 24.8. The molecule has 370 valence electrons. The number of carbonyl (C=O) groups is 1. The summed E-state index contributed by atoms with van der Waals surface area (Å²) in [7, 11) is -4.60. The number of hydrogen-bond donors (Lipinski definition) is 4. The van der Waals surface area contributed by atoms with Crippen molar-refractivity contribution in [1.29, 1.82) is 0 Å². The lowest BCUT2D eigenvalue weighted by Crippen LogP contribution is -2.58. The number of nitro benzene ring substituents is 1. The number of pyridine rings is 1. The van der Waals surface area contributed by atoms with Gasteiger partial charge in [0.1, 0.15) is 23.1 Å². The van der Waals surface area contributed by atoms with Crippen LogP contribution in [0.15, 0.2) is 83.9 Å². The molecular formula is C52H62N8O9S. The Bertz CT molecular complexity index is 2910. The molecule has 1 aliphatic carbocycles. The third kappa shape index (κ3) is 8.97. The third-order valence-electron chi connectivity index (χ3n) is 16.2. The van der Waals surface area contributed by atoms with Crippen molar-refractivity contribution in [2.75, 3.05) is 67.7 Å². The Morgan fingerprint density at radius 1 is 0.943 bits per heavy atom. The molecule has 5 aromatic rings. The van der Waals surface area contributed by atoms with E-state index >= 15 is 0 Å². The predicted octanol–water partition coefficient (Wildman–Crippen LogP) is 7.76. The van der Waals surface area contributed by atoms with Crippen LogP contribution in [0.4, 0.5) is 28.4 Å². The third-order valence-corrected chi connectivity index (χ3v) is 17.5. The Morgan fingerprint density at radius 2 is 1.73 bits per heavy atom. The van der Waals surface area contributed by atoms with Crippen molar-refractivity contribution < 1.29 is 37.5 Å². The maximum absolute atomic E-state index is 14.7. The number of nitro groups is 1. The second-order valence-electron chi connectivity index (χ2n) is 20.8. The second kappa shape index (κ2) is 18.4. The van der Waals surface area contributed by atoms with Gasteiger partial charge in [-0.2, -0.15) is 4.98 Å². The number of likely N-dealkylation sites (tertiary alicyclic amines) is 1. The molecule has 5 fully saturated rings. The van der Waals surface area contributed by atoms with E-state index in [-0.39, 0.29) is 34.7 Å². The van der Waals surface area contributed by atoms with Gasteiger partial charge in [0.05, 0.1) is 39.3 Å². The molecule has 4 saturated heterocycles. The normalized spacial score (nSPS) is 25.2. The van der Waals surface area contributed by atoms with Crippen molar-refractivity contribution in [2.45, 2.75) is 106 Å². The van der Waals surface area contributed by atoms with Crippen LogP contribution in [0, 0.1) is 28.4 Å². The Kier molecular flexibility index (Phi) is 12.3. The molecule has 17 nitrogen and oxygen atoms in total. The summed E-state index contributed by atoms with van der Waals surface area (Å²) in [6, 6.07) is 22.1. The summed E-state index contributed by atoms with van der Waals surface area (Å²) >= 11 is 0. The Morgan fingerprint density at radius 3 is 2.51 bits per heavy atom. The zero-order valence-corrected chi connectivity index (χ0v) is 40.6. The van der Waals surface area contributed by atoms with Gasteiger partial charge in [-0.3, -0.25) is 19.8 Å². The lowest BCUT2D eigenvalue weighted by molar-refractivity contribution is -0.384. The van der Waals surface area contributed by atoms with Crippen LogP contribution in [0.3, 0.4) is 0 Å². The molecule has 1 spiro atoms. The van der Waals surface area contributed by atoms with Crippen LogP contribution in [0.2, 0.25) is 0 Å². The van der Waals surface area contributed by atoms with Crippen LogP contribution in [0.1, 0.15) is 92.2 Å². The van der Waals surface area contributed by atoms with Gasteiger partial charge in [0, 0.05) is 81.4 Å². The van der Waals surface area contributed by atoms with Crippen LogP contribution in [0.25, 0.3) is 11.0 Å². The molecule has 7 heterocycles. The monoisotopic (exact) mass is 974 g/mol. The van der Waals surface area contributed by atoms with Gasteiger partial charge >= 0.3 is 0 Å². The summed E-state index contributed by atoms with van der Waals surface area (Å²) in [6.07, 6.45) is 9.30. The van der Waals surface area contributed by atoms with E-state index in [0.717, 1.165) is 88.1 Å².